The average molecular weight is 522 g/mol. The van der Waals surface area contributed by atoms with Gasteiger partial charge in [0.05, 0.1) is 15.1 Å². The number of thiazole rings is 1. The number of hydrogen-bond donors (Lipinski definition) is 0. The van der Waals surface area contributed by atoms with Crippen molar-refractivity contribution < 1.29 is 22.7 Å². The Bertz CT molecular complexity index is 1670. The Morgan fingerprint density at radius 1 is 1.03 bits per heavy atom. The molecular formula is C26H23N3O5S2. The van der Waals surface area contributed by atoms with Gasteiger partial charge >= 0.3 is 0 Å². The van der Waals surface area contributed by atoms with E-state index in [4.69, 9.17) is 9.47 Å². The molecular weight excluding hydrogens is 498 g/mol. The van der Waals surface area contributed by atoms with Crippen LogP contribution in [0.3, 0.4) is 0 Å². The van der Waals surface area contributed by atoms with E-state index < -0.39 is 15.9 Å². The van der Waals surface area contributed by atoms with Crippen LogP contribution in [0.25, 0.3) is 10.2 Å². The summed E-state index contributed by atoms with van der Waals surface area (Å²) in [5.41, 5.74) is 3.45. The molecule has 36 heavy (non-hydrogen) atoms. The molecule has 0 N–H and O–H groups in total. The lowest BCUT2D eigenvalue weighted by Gasteiger charge is -2.28. The van der Waals surface area contributed by atoms with Gasteiger partial charge in [-0.2, -0.15) is 9.30 Å². The Hall–Kier alpha value is -3.47. The monoisotopic (exact) mass is 521 g/mol. The molecule has 184 valence electrons. The van der Waals surface area contributed by atoms with Crippen LogP contribution in [0.1, 0.15) is 28.4 Å². The first-order chi connectivity index (χ1) is 17.4. The SMILES string of the molecule is CCn1c(=NC(=O)c2ccc(S(=O)(=O)N3CCc4ccccc4C3)cc2)sc2cc3c(cc21)OCO3. The molecule has 1 aromatic heterocycles. The van der Waals surface area contributed by atoms with Crippen molar-refractivity contribution in [1.82, 2.24) is 8.87 Å². The van der Waals surface area contributed by atoms with Crippen molar-refractivity contribution in [2.24, 2.45) is 4.99 Å². The zero-order chi connectivity index (χ0) is 24.9. The van der Waals surface area contributed by atoms with E-state index in [1.54, 1.807) is 0 Å². The molecule has 3 aromatic carbocycles. The van der Waals surface area contributed by atoms with Gasteiger partial charge in [-0.25, -0.2) is 8.42 Å². The maximum atomic E-state index is 13.2. The second-order valence-electron chi connectivity index (χ2n) is 8.60. The highest BCUT2D eigenvalue weighted by molar-refractivity contribution is 7.89. The van der Waals surface area contributed by atoms with Crippen LogP contribution in [-0.4, -0.2) is 36.5 Å². The van der Waals surface area contributed by atoms with Gasteiger partial charge in [0.1, 0.15) is 0 Å². The normalized spacial score (nSPS) is 15.9. The van der Waals surface area contributed by atoms with Crippen molar-refractivity contribution in [3.63, 3.8) is 0 Å². The molecule has 3 heterocycles. The summed E-state index contributed by atoms with van der Waals surface area (Å²) in [7, 11) is -3.67. The number of carbonyl (C=O) groups is 1. The molecule has 0 bridgehead atoms. The average Bonchev–Trinajstić information content (AvgIpc) is 3.49. The van der Waals surface area contributed by atoms with Crippen LogP contribution >= 0.6 is 11.3 Å². The third-order valence-corrected chi connectivity index (χ3v) is 9.43. The fourth-order valence-electron chi connectivity index (χ4n) is 4.60. The number of rotatable bonds is 4. The third kappa shape index (κ3) is 3.91. The fourth-order valence-corrected chi connectivity index (χ4v) is 7.12. The van der Waals surface area contributed by atoms with Crippen molar-refractivity contribution in [3.8, 4) is 11.5 Å². The van der Waals surface area contributed by atoms with E-state index >= 15 is 0 Å². The zero-order valence-corrected chi connectivity index (χ0v) is 21.1. The largest absolute Gasteiger partial charge is 0.454 e. The van der Waals surface area contributed by atoms with Gasteiger partial charge in [0.25, 0.3) is 5.91 Å². The maximum absolute atomic E-state index is 13.2. The quantitative estimate of drug-likeness (QED) is 0.406. The number of nitrogens with zero attached hydrogens (tertiary/aromatic N) is 3. The number of aromatic nitrogens is 1. The third-order valence-electron chi connectivity index (χ3n) is 6.53. The Kier molecular flexibility index (Phi) is 5.66. The standard InChI is InChI=1S/C26H23N3O5S2/c1-2-29-21-13-22-23(34-16-33-22)14-24(21)35-26(29)27-25(30)18-7-9-20(10-8-18)36(31,32)28-12-11-17-5-3-4-6-19(17)15-28/h3-10,13-14H,2,11-12,15-16H2,1H3. The summed E-state index contributed by atoms with van der Waals surface area (Å²) < 4.78 is 41.8. The predicted molar refractivity (Wildman–Crippen MR) is 136 cm³/mol. The van der Waals surface area contributed by atoms with Crippen LogP contribution < -0.4 is 14.3 Å². The molecule has 0 fully saturated rings. The summed E-state index contributed by atoms with van der Waals surface area (Å²) in [4.78, 5) is 18.1. The first kappa shape index (κ1) is 23.0. The molecule has 0 atom stereocenters. The predicted octanol–water partition coefficient (Wildman–Crippen LogP) is 3.94. The maximum Gasteiger partial charge on any atom is 0.279 e. The van der Waals surface area contributed by atoms with Crippen LogP contribution in [0.2, 0.25) is 0 Å². The lowest BCUT2D eigenvalue weighted by Crippen LogP contribution is -2.35. The molecule has 0 unspecified atom stereocenters. The minimum atomic E-state index is -3.67. The lowest BCUT2D eigenvalue weighted by atomic mass is 10.0. The van der Waals surface area contributed by atoms with Gasteiger partial charge < -0.3 is 14.0 Å². The molecule has 8 nitrogen and oxygen atoms in total. The van der Waals surface area contributed by atoms with E-state index in [-0.39, 0.29) is 11.7 Å². The van der Waals surface area contributed by atoms with Gasteiger partial charge in [0, 0.05) is 37.3 Å². The highest BCUT2D eigenvalue weighted by Gasteiger charge is 2.28. The van der Waals surface area contributed by atoms with Gasteiger partial charge in [-0.15, -0.1) is 0 Å². The summed E-state index contributed by atoms with van der Waals surface area (Å²) in [6.45, 7) is 3.58. The molecule has 0 spiro atoms. The van der Waals surface area contributed by atoms with E-state index in [1.807, 2.05) is 47.9 Å². The first-order valence-electron chi connectivity index (χ1n) is 11.6. The zero-order valence-electron chi connectivity index (χ0n) is 19.5. The van der Waals surface area contributed by atoms with Crippen molar-refractivity contribution in [3.05, 3.63) is 82.2 Å². The molecule has 0 aliphatic carbocycles. The molecule has 0 saturated carbocycles. The number of aryl methyl sites for hydroxylation is 1. The lowest BCUT2D eigenvalue weighted by molar-refractivity contribution is 0.0997. The summed E-state index contributed by atoms with van der Waals surface area (Å²) >= 11 is 1.40. The number of carbonyl (C=O) groups excluding carboxylic acids is 1. The summed E-state index contributed by atoms with van der Waals surface area (Å²) in [5, 5.41) is 0. The van der Waals surface area contributed by atoms with Crippen molar-refractivity contribution in [2.45, 2.75) is 31.3 Å². The molecule has 0 saturated heterocycles. The van der Waals surface area contributed by atoms with Crippen LogP contribution in [0.5, 0.6) is 11.5 Å². The number of fused-ring (bicyclic) bond motifs is 3. The van der Waals surface area contributed by atoms with E-state index in [2.05, 4.69) is 4.99 Å². The van der Waals surface area contributed by atoms with Crippen molar-refractivity contribution >= 4 is 37.5 Å². The minimum Gasteiger partial charge on any atom is -0.454 e. The Morgan fingerprint density at radius 2 is 1.75 bits per heavy atom. The molecule has 2 aliphatic heterocycles. The smallest absolute Gasteiger partial charge is 0.279 e. The van der Waals surface area contributed by atoms with Crippen molar-refractivity contribution in [1.29, 1.82) is 0 Å². The number of benzene rings is 3. The fraction of sp³-hybridized carbons (Fsp3) is 0.231. The number of hydrogen-bond acceptors (Lipinski definition) is 6. The van der Waals surface area contributed by atoms with Gasteiger partial charge in [-0.1, -0.05) is 35.6 Å². The van der Waals surface area contributed by atoms with Gasteiger partial charge in [-0.3, -0.25) is 4.79 Å². The number of amides is 1. The second-order valence-corrected chi connectivity index (χ2v) is 11.5. The van der Waals surface area contributed by atoms with Crippen LogP contribution in [0.15, 0.2) is 70.6 Å². The van der Waals surface area contributed by atoms with E-state index in [1.165, 1.54) is 45.5 Å². The molecule has 10 heteroatoms. The van der Waals surface area contributed by atoms with Crippen LogP contribution in [0.4, 0.5) is 0 Å². The van der Waals surface area contributed by atoms with Gasteiger partial charge in [-0.05, 0) is 48.7 Å². The molecule has 2 aliphatic rings. The van der Waals surface area contributed by atoms with Crippen LogP contribution in [-0.2, 0) is 29.5 Å². The Balaban J connectivity index is 1.27. The molecule has 0 radical (unpaired) electrons. The van der Waals surface area contributed by atoms with Crippen LogP contribution in [0, 0.1) is 0 Å². The van der Waals surface area contributed by atoms with E-state index in [0.29, 0.717) is 47.9 Å². The highest BCUT2D eigenvalue weighted by atomic mass is 32.2. The number of sulfonamides is 1. The molecule has 1 amide bonds. The Labute approximate surface area is 212 Å². The summed E-state index contributed by atoms with van der Waals surface area (Å²) in [6, 6.07) is 17.7. The van der Waals surface area contributed by atoms with E-state index in [9.17, 15) is 13.2 Å². The minimum absolute atomic E-state index is 0.165. The molecule has 4 aromatic rings. The second kappa shape index (κ2) is 8.88. The van der Waals surface area contributed by atoms with E-state index in [0.717, 1.165) is 15.8 Å². The number of ether oxygens (including phenoxy) is 2. The first-order valence-corrected chi connectivity index (χ1v) is 13.9. The molecule has 6 rings (SSSR count). The van der Waals surface area contributed by atoms with Gasteiger partial charge in [0.15, 0.2) is 16.3 Å². The summed E-state index contributed by atoms with van der Waals surface area (Å²) in [5.74, 6) is 0.924. The van der Waals surface area contributed by atoms with Gasteiger partial charge in [0.2, 0.25) is 16.8 Å². The Morgan fingerprint density at radius 3 is 2.50 bits per heavy atom. The summed E-state index contributed by atoms with van der Waals surface area (Å²) in [6.07, 6.45) is 0.679. The topological polar surface area (TPSA) is 90.2 Å². The highest BCUT2D eigenvalue weighted by Crippen LogP contribution is 2.37. The van der Waals surface area contributed by atoms with Crippen molar-refractivity contribution in [2.75, 3.05) is 13.3 Å².